The number of carbonyl (C=O) groups excluding carboxylic acids is 1. The maximum Gasteiger partial charge on any atom is 0.251 e. The summed E-state index contributed by atoms with van der Waals surface area (Å²) in [6.07, 6.45) is 2.02. The highest BCUT2D eigenvalue weighted by Gasteiger charge is 2.19. The van der Waals surface area contributed by atoms with Crippen molar-refractivity contribution in [1.82, 2.24) is 10.2 Å². The monoisotopic (exact) mass is 481 g/mol. The number of nitrogens with zero attached hydrogens (tertiary/aromatic N) is 2. The third kappa shape index (κ3) is 6.29. The van der Waals surface area contributed by atoms with Crippen LogP contribution in [0, 0.1) is 0 Å². The summed E-state index contributed by atoms with van der Waals surface area (Å²) in [5.41, 5.74) is 3.89. The van der Waals surface area contributed by atoms with Crippen molar-refractivity contribution in [2.45, 2.75) is 12.8 Å². The van der Waals surface area contributed by atoms with E-state index < -0.39 is 0 Å². The number of anilines is 1. The number of amides is 1. The fraction of sp³-hybridized carbons (Fsp3) is 0.296. The van der Waals surface area contributed by atoms with Crippen LogP contribution in [0.5, 0.6) is 0 Å². The Morgan fingerprint density at radius 2 is 1.55 bits per heavy atom. The molecular weight excluding hydrogens is 453 g/mol. The molecule has 0 aromatic heterocycles. The standard InChI is InChI=1S/C27H29Cl2N3O/c28-24-12-7-13-25(26(24)29)32-18-16-31(17-19-32)15-5-4-14-30-27(33)23-11-6-10-22(20-23)21-8-2-1-3-9-21/h1-3,6-13,20H,4-5,14-19H2,(H,30,33). The molecule has 1 aliphatic rings. The molecule has 1 amide bonds. The average Bonchev–Trinajstić information content (AvgIpc) is 2.86. The molecular formula is C27H29Cl2N3O. The molecule has 0 radical (unpaired) electrons. The van der Waals surface area contributed by atoms with E-state index in [0.717, 1.165) is 62.4 Å². The molecule has 172 valence electrons. The minimum Gasteiger partial charge on any atom is -0.368 e. The second-order valence-corrected chi connectivity index (χ2v) is 9.10. The Hall–Kier alpha value is -2.53. The van der Waals surface area contributed by atoms with Gasteiger partial charge in [-0.1, -0.05) is 71.7 Å². The minimum absolute atomic E-state index is 0.0141. The first-order valence-corrected chi connectivity index (χ1v) is 12.2. The van der Waals surface area contributed by atoms with Crippen LogP contribution < -0.4 is 10.2 Å². The molecule has 0 spiro atoms. The molecule has 4 nitrogen and oxygen atoms in total. The van der Waals surface area contributed by atoms with Crippen molar-refractivity contribution in [3.8, 4) is 11.1 Å². The van der Waals surface area contributed by atoms with Gasteiger partial charge in [0.1, 0.15) is 0 Å². The van der Waals surface area contributed by atoms with Gasteiger partial charge >= 0.3 is 0 Å². The lowest BCUT2D eigenvalue weighted by Crippen LogP contribution is -2.46. The van der Waals surface area contributed by atoms with Crippen molar-refractivity contribution in [1.29, 1.82) is 0 Å². The zero-order valence-corrected chi connectivity index (χ0v) is 20.2. The number of hydrogen-bond acceptors (Lipinski definition) is 3. The first-order chi connectivity index (χ1) is 16.1. The van der Waals surface area contributed by atoms with Crippen molar-refractivity contribution in [2.75, 3.05) is 44.2 Å². The molecule has 4 rings (SSSR count). The molecule has 0 aliphatic carbocycles. The van der Waals surface area contributed by atoms with Gasteiger partial charge < -0.3 is 10.2 Å². The topological polar surface area (TPSA) is 35.6 Å². The zero-order chi connectivity index (χ0) is 23.0. The number of carbonyl (C=O) groups is 1. The summed E-state index contributed by atoms with van der Waals surface area (Å²) in [4.78, 5) is 17.3. The molecule has 0 atom stereocenters. The summed E-state index contributed by atoms with van der Waals surface area (Å²) in [6, 6.07) is 23.7. The smallest absolute Gasteiger partial charge is 0.251 e. The van der Waals surface area contributed by atoms with Gasteiger partial charge in [0.05, 0.1) is 15.7 Å². The average molecular weight is 482 g/mol. The molecule has 0 saturated carbocycles. The van der Waals surface area contributed by atoms with Crippen LogP contribution in [0.25, 0.3) is 11.1 Å². The van der Waals surface area contributed by atoms with Crippen LogP contribution in [0.2, 0.25) is 10.0 Å². The zero-order valence-electron chi connectivity index (χ0n) is 18.6. The highest BCUT2D eigenvalue weighted by atomic mass is 35.5. The largest absolute Gasteiger partial charge is 0.368 e. The summed E-state index contributed by atoms with van der Waals surface area (Å²) in [5, 5.41) is 4.30. The normalized spacial score (nSPS) is 14.3. The van der Waals surface area contributed by atoms with E-state index in [2.05, 4.69) is 27.2 Å². The molecule has 0 bridgehead atoms. The summed E-state index contributed by atoms with van der Waals surface area (Å²) in [6.45, 7) is 5.61. The molecule has 1 fully saturated rings. The first-order valence-electron chi connectivity index (χ1n) is 11.5. The fourth-order valence-corrected chi connectivity index (χ4v) is 4.60. The second kappa shape index (κ2) is 11.6. The molecule has 0 unspecified atom stereocenters. The maximum absolute atomic E-state index is 12.6. The Bertz CT molecular complexity index is 1070. The highest BCUT2D eigenvalue weighted by Crippen LogP contribution is 2.32. The molecule has 1 saturated heterocycles. The van der Waals surface area contributed by atoms with Gasteiger partial charge in [-0.15, -0.1) is 0 Å². The quantitative estimate of drug-likeness (QED) is 0.401. The van der Waals surface area contributed by atoms with E-state index in [4.69, 9.17) is 23.2 Å². The van der Waals surface area contributed by atoms with Gasteiger partial charge in [-0.25, -0.2) is 0 Å². The Morgan fingerprint density at radius 3 is 2.33 bits per heavy atom. The summed E-state index contributed by atoms with van der Waals surface area (Å²) < 4.78 is 0. The van der Waals surface area contributed by atoms with Gasteiger partial charge in [-0.3, -0.25) is 9.69 Å². The van der Waals surface area contributed by atoms with Crippen molar-refractivity contribution in [3.63, 3.8) is 0 Å². The maximum atomic E-state index is 12.6. The van der Waals surface area contributed by atoms with E-state index in [1.54, 1.807) is 0 Å². The summed E-state index contributed by atoms with van der Waals surface area (Å²) >= 11 is 12.5. The highest BCUT2D eigenvalue weighted by molar-refractivity contribution is 6.43. The number of halogens is 2. The van der Waals surface area contributed by atoms with Crippen molar-refractivity contribution in [3.05, 3.63) is 88.4 Å². The van der Waals surface area contributed by atoms with Crippen molar-refractivity contribution in [2.24, 2.45) is 0 Å². The number of hydrogen-bond donors (Lipinski definition) is 1. The van der Waals surface area contributed by atoms with Crippen molar-refractivity contribution >= 4 is 34.8 Å². The fourth-order valence-electron chi connectivity index (χ4n) is 4.18. The third-order valence-corrected chi connectivity index (χ3v) is 6.87. The number of rotatable bonds is 8. The lowest BCUT2D eigenvalue weighted by atomic mass is 10.0. The minimum atomic E-state index is -0.0141. The lowest BCUT2D eigenvalue weighted by Gasteiger charge is -2.36. The third-order valence-electron chi connectivity index (χ3n) is 6.06. The molecule has 1 N–H and O–H groups in total. The van der Waals surface area contributed by atoms with Crippen LogP contribution in [-0.4, -0.2) is 50.1 Å². The Morgan fingerprint density at radius 1 is 0.818 bits per heavy atom. The summed E-state index contributed by atoms with van der Waals surface area (Å²) in [7, 11) is 0. The van der Waals surface area contributed by atoms with Gasteiger partial charge in [-0.05, 0) is 54.8 Å². The van der Waals surface area contributed by atoms with E-state index in [1.807, 2.05) is 60.7 Å². The molecule has 3 aromatic rings. The van der Waals surface area contributed by atoms with Crippen LogP contribution in [0.1, 0.15) is 23.2 Å². The van der Waals surface area contributed by atoms with Gasteiger partial charge in [0.2, 0.25) is 0 Å². The van der Waals surface area contributed by atoms with E-state index in [0.29, 0.717) is 22.2 Å². The van der Waals surface area contributed by atoms with Crippen LogP contribution >= 0.6 is 23.2 Å². The van der Waals surface area contributed by atoms with Gasteiger partial charge in [0.25, 0.3) is 5.91 Å². The molecule has 3 aromatic carbocycles. The Balaban J connectivity index is 1.16. The van der Waals surface area contributed by atoms with Gasteiger partial charge in [0.15, 0.2) is 0 Å². The van der Waals surface area contributed by atoms with Crippen LogP contribution in [-0.2, 0) is 0 Å². The van der Waals surface area contributed by atoms with Gasteiger partial charge in [-0.2, -0.15) is 0 Å². The van der Waals surface area contributed by atoms with E-state index in [9.17, 15) is 4.79 Å². The predicted octanol–water partition coefficient (Wildman–Crippen LogP) is 5.99. The number of piperazine rings is 1. The molecule has 33 heavy (non-hydrogen) atoms. The number of nitrogens with one attached hydrogen (secondary N) is 1. The molecule has 6 heteroatoms. The lowest BCUT2D eigenvalue weighted by molar-refractivity contribution is 0.0952. The van der Waals surface area contributed by atoms with Crippen LogP contribution in [0.15, 0.2) is 72.8 Å². The molecule has 1 aliphatic heterocycles. The Labute approximate surface area is 206 Å². The molecule has 1 heterocycles. The van der Waals surface area contributed by atoms with E-state index in [-0.39, 0.29) is 5.91 Å². The SMILES string of the molecule is O=C(NCCCCN1CCN(c2cccc(Cl)c2Cl)CC1)c1cccc(-c2ccccc2)c1. The predicted molar refractivity (Wildman–Crippen MR) is 139 cm³/mol. The van der Waals surface area contributed by atoms with E-state index >= 15 is 0 Å². The second-order valence-electron chi connectivity index (χ2n) is 8.31. The number of benzene rings is 3. The summed E-state index contributed by atoms with van der Waals surface area (Å²) in [5.74, 6) is -0.0141. The Kier molecular flexibility index (Phi) is 8.27. The first kappa shape index (κ1) is 23.6. The number of unbranched alkanes of at least 4 members (excludes halogenated alkanes) is 1. The van der Waals surface area contributed by atoms with Gasteiger partial charge in [0, 0.05) is 38.3 Å². The van der Waals surface area contributed by atoms with E-state index in [1.165, 1.54) is 0 Å². The van der Waals surface area contributed by atoms with Crippen LogP contribution in [0.3, 0.4) is 0 Å². The van der Waals surface area contributed by atoms with Crippen molar-refractivity contribution < 1.29 is 4.79 Å². The van der Waals surface area contributed by atoms with Crippen LogP contribution in [0.4, 0.5) is 5.69 Å².